The number of aliphatic hydroxyl groups is 1. The lowest BCUT2D eigenvalue weighted by Crippen LogP contribution is -2.40. The van der Waals surface area contributed by atoms with Crippen molar-refractivity contribution < 1.29 is 9.84 Å². The third-order valence-electron chi connectivity index (χ3n) is 3.19. The average Bonchev–Trinajstić information content (AvgIpc) is 2.80. The molecule has 0 bridgehead atoms. The van der Waals surface area contributed by atoms with Gasteiger partial charge in [0, 0.05) is 44.4 Å². The second-order valence-corrected chi connectivity index (χ2v) is 4.51. The van der Waals surface area contributed by atoms with Crippen molar-refractivity contribution in [3.05, 3.63) is 17.5 Å². The molecule has 90 valence electrons. The molecule has 1 aromatic heterocycles. The highest BCUT2D eigenvalue weighted by Gasteiger charge is 2.31. The van der Waals surface area contributed by atoms with E-state index in [1.807, 2.05) is 24.9 Å². The van der Waals surface area contributed by atoms with Crippen LogP contribution in [-0.4, -0.2) is 40.2 Å². The Kier molecular flexibility index (Phi) is 3.28. The molecule has 0 aliphatic carbocycles. The van der Waals surface area contributed by atoms with Crippen LogP contribution in [0.1, 0.15) is 17.7 Å². The molecule has 0 spiro atoms. The Hall–Kier alpha value is -0.910. The van der Waals surface area contributed by atoms with Crippen LogP contribution >= 0.6 is 0 Å². The standard InChI is InChI=1S/C11H19N3O2/c1-9-10(6-13-14(9)2)5-12-7-11(15)3-4-16-8-11/h6,12,15H,3-5,7-8H2,1-2H3. The third-order valence-corrected chi connectivity index (χ3v) is 3.19. The first-order valence-electron chi connectivity index (χ1n) is 5.59. The highest BCUT2D eigenvalue weighted by molar-refractivity contribution is 5.15. The summed E-state index contributed by atoms with van der Waals surface area (Å²) in [5.41, 5.74) is 1.64. The number of rotatable bonds is 4. The minimum Gasteiger partial charge on any atom is -0.386 e. The van der Waals surface area contributed by atoms with Gasteiger partial charge in [-0.3, -0.25) is 4.68 Å². The molecule has 0 aromatic carbocycles. The summed E-state index contributed by atoms with van der Waals surface area (Å²) >= 11 is 0. The van der Waals surface area contributed by atoms with Gasteiger partial charge in [-0.15, -0.1) is 0 Å². The van der Waals surface area contributed by atoms with Crippen LogP contribution in [0.2, 0.25) is 0 Å². The summed E-state index contributed by atoms with van der Waals surface area (Å²) in [5, 5.41) is 17.5. The molecular weight excluding hydrogens is 206 g/mol. The smallest absolute Gasteiger partial charge is 0.102 e. The minimum atomic E-state index is -0.684. The number of nitrogens with zero attached hydrogens (tertiary/aromatic N) is 2. The van der Waals surface area contributed by atoms with E-state index in [0.717, 1.165) is 12.2 Å². The normalized spacial score (nSPS) is 25.2. The molecule has 1 saturated heterocycles. The number of aryl methyl sites for hydroxylation is 1. The molecule has 1 atom stereocenters. The second kappa shape index (κ2) is 4.53. The molecule has 2 rings (SSSR count). The molecule has 1 aliphatic heterocycles. The van der Waals surface area contributed by atoms with Crippen molar-refractivity contribution in [2.75, 3.05) is 19.8 Å². The lowest BCUT2D eigenvalue weighted by molar-refractivity contribution is 0.0268. The van der Waals surface area contributed by atoms with E-state index in [1.165, 1.54) is 5.56 Å². The van der Waals surface area contributed by atoms with E-state index in [2.05, 4.69) is 10.4 Å². The summed E-state index contributed by atoms with van der Waals surface area (Å²) < 4.78 is 7.04. The molecule has 2 heterocycles. The van der Waals surface area contributed by atoms with Crippen LogP contribution in [0.3, 0.4) is 0 Å². The topological polar surface area (TPSA) is 59.3 Å². The van der Waals surface area contributed by atoms with Gasteiger partial charge in [0.05, 0.1) is 12.8 Å². The first kappa shape index (κ1) is 11.6. The molecule has 0 saturated carbocycles. The quantitative estimate of drug-likeness (QED) is 0.755. The summed E-state index contributed by atoms with van der Waals surface area (Å²) in [6, 6.07) is 0. The Labute approximate surface area is 95.4 Å². The van der Waals surface area contributed by atoms with E-state index in [0.29, 0.717) is 26.2 Å². The summed E-state index contributed by atoms with van der Waals surface area (Å²) in [7, 11) is 1.93. The Morgan fingerprint density at radius 1 is 1.69 bits per heavy atom. The molecule has 0 radical (unpaired) electrons. The summed E-state index contributed by atoms with van der Waals surface area (Å²) in [5.74, 6) is 0. The number of aromatic nitrogens is 2. The predicted octanol–water partition coefficient (Wildman–Crippen LogP) is -0.0305. The largest absolute Gasteiger partial charge is 0.386 e. The molecule has 5 nitrogen and oxygen atoms in total. The van der Waals surface area contributed by atoms with Gasteiger partial charge < -0.3 is 15.2 Å². The van der Waals surface area contributed by atoms with Crippen molar-refractivity contribution in [1.82, 2.24) is 15.1 Å². The van der Waals surface area contributed by atoms with Crippen molar-refractivity contribution in [2.24, 2.45) is 7.05 Å². The molecule has 1 aliphatic rings. The molecule has 5 heteroatoms. The Morgan fingerprint density at radius 3 is 3.06 bits per heavy atom. The summed E-state index contributed by atoms with van der Waals surface area (Å²) in [4.78, 5) is 0. The number of ether oxygens (including phenoxy) is 1. The van der Waals surface area contributed by atoms with Gasteiger partial charge >= 0.3 is 0 Å². The zero-order chi connectivity index (χ0) is 11.6. The fourth-order valence-electron chi connectivity index (χ4n) is 1.88. The molecule has 0 amide bonds. The number of hydrogen-bond donors (Lipinski definition) is 2. The van der Waals surface area contributed by atoms with Gasteiger partial charge in [-0.05, 0) is 6.92 Å². The van der Waals surface area contributed by atoms with Crippen molar-refractivity contribution in [3.63, 3.8) is 0 Å². The predicted molar refractivity (Wildman–Crippen MR) is 60.0 cm³/mol. The highest BCUT2D eigenvalue weighted by Crippen LogP contribution is 2.17. The van der Waals surface area contributed by atoms with Crippen LogP contribution < -0.4 is 5.32 Å². The summed E-state index contributed by atoms with van der Waals surface area (Å²) in [6.45, 7) is 4.44. The van der Waals surface area contributed by atoms with E-state index >= 15 is 0 Å². The van der Waals surface area contributed by atoms with Gasteiger partial charge in [0.2, 0.25) is 0 Å². The monoisotopic (exact) mass is 225 g/mol. The Balaban J connectivity index is 1.82. The fourth-order valence-corrected chi connectivity index (χ4v) is 1.88. The molecule has 1 unspecified atom stereocenters. The molecular formula is C11H19N3O2. The van der Waals surface area contributed by atoms with Crippen LogP contribution in [0, 0.1) is 6.92 Å². The maximum absolute atomic E-state index is 10.0. The van der Waals surface area contributed by atoms with E-state index < -0.39 is 5.60 Å². The van der Waals surface area contributed by atoms with Gasteiger partial charge in [0.25, 0.3) is 0 Å². The minimum absolute atomic E-state index is 0.437. The number of hydrogen-bond acceptors (Lipinski definition) is 4. The molecule has 1 aromatic rings. The van der Waals surface area contributed by atoms with E-state index in [9.17, 15) is 5.11 Å². The van der Waals surface area contributed by atoms with Crippen LogP contribution in [0.5, 0.6) is 0 Å². The lowest BCUT2D eigenvalue weighted by atomic mass is 10.0. The van der Waals surface area contributed by atoms with Gasteiger partial charge in [-0.25, -0.2) is 0 Å². The SMILES string of the molecule is Cc1c(CNCC2(O)CCOC2)cnn1C. The van der Waals surface area contributed by atoms with E-state index in [-0.39, 0.29) is 0 Å². The van der Waals surface area contributed by atoms with E-state index in [4.69, 9.17) is 4.74 Å². The first-order chi connectivity index (χ1) is 7.61. The Bertz CT molecular complexity index is 356. The van der Waals surface area contributed by atoms with Crippen LogP contribution in [-0.2, 0) is 18.3 Å². The average molecular weight is 225 g/mol. The van der Waals surface area contributed by atoms with Gasteiger partial charge in [-0.1, -0.05) is 0 Å². The van der Waals surface area contributed by atoms with Crippen LogP contribution in [0.4, 0.5) is 0 Å². The Morgan fingerprint density at radius 2 is 2.50 bits per heavy atom. The lowest BCUT2D eigenvalue weighted by Gasteiger charge is -2.20. The molecule has 1 fully saturated rings. The molecule has 16 heavy (non-hydrogen) atoms. The van der Waals surface area contributed by atoms with Gasteiger partial charge in [0.15, 0.2) is 0 Å². The zero-order valence-corrected chi connectivity index (χ0v) is 9.86. The van der Waals surface area contributed by atoms with E-state index in [1.54, 1.807) is 0 Å². The van der Waals surface area contributed by atoms with Gasteiger partial charge in [-0.2, -0.15) is 5.10 Å². The zero-order valence-electron chi connectivity index (χ0n) is 9.86. The van der Waals surface area contributed by atoms with Crippen molar-refractivity contribution in [2.45, 2.75) is 25.5 Å². The van der Waals surface area contributed by atoms with Crippen molar-refractivity contribution >= 4 is 0 Å². The molecule has 2 N–H and O–H groups in total. The van der Waals surface area contributed by atoms with Gasteiger partial charge in [0.1, 0.15) is 5.60 Å². The fraction of sp³-hybridized carbons (Fsp3) is 0.727. The maximum Gasteiger partial charge on any atom is 0.102 e. The van der Waals surface area contributed by atoms with Crippen molar-refractivity contribution in [3.8, 4) is 0 Å². The van der Waals surface area contributed by atoms with Crippen LogP contribution in [0.25, 0.3) is 0 Å². The highest BCUT2D eigenvalue weighted by atomic mass is 16.5. The second-order valence-electron chi connectivity index (χ2n) is 4.51. The summed E-state index contributed by atoms with van der Waals surface area (Å²) in [6.07, 6.45) is 2.57. The first-order valence-corrected chi connectivity index (χ1v) is 5.59. The van der Waals surface area contributed by atoms with Crippen molar-refractivity contribution in [1.29, 1.82) is 0 Å². The number of nitrogens with one attached hydrogen (secondary N) is 1. The maximum atomic E-state index is 10.0. The third kappa shape index (κ3) is 2.42. The van der Waals surface area contributed by atoms with Crippen LogP contribution in [0.15, 0.2) is 6.20 Å².